The van der Waals surface area contributed by atoms with Gasteiger partial charge in [-0.2, -0.15) is 0 Å². The number of para-hydroxylation sites is 1. The summed E-state index contributed by atoms with van der Waals surface area (Å²) in [5.41, 5.74) is 0.968. The number of benzene rings is 3. The Morgan fingerprint density at radius 1 is 1.00 bits per heavy atom. The highest BCUT2D eigenvalue weighted by Crippen LogP contribution is 2.50. The van der Waals surface area contributed by atoms with Crippen LogP contribution in [0.5, 0.6) is 5.75 Å². The molecular weight excluding hydrogens is 366 g/mol. The Balaban J connectivity index is 1.97. The van der Waals surface area contributed by atoms with Crippen LogP contribution < -0.4 is 0 Å². The predicted octanol–water partition coefficient (Wildman–Crippen LogP) is 4.37. The molecule has 4 rings (SSSR count). The molecule has 0 aliphatic carbocycles. The number of oxime groups is 1. The summed E-state index contributed by atoms with van der Waals surface area (Å²) in [5, 5.41) is 15.0. The third-order valence-corrected chi connectivity index (χ3v) is 5.05. The topological polar surface area (TPSA) is 68.1 Å². The van der Waals surface area contributed by atoms with Crippen LogP contribution in [0.3, 0.4) is 0 Å². The molecule has 0 unspecified atom stereocenters. The first-order chi connectivity index (χ1) is 14.2. The van der Waals surface area contributed by atoms with Crippen molar-refractivity contribution in [1.82, 2.24) is 0 Å². The third kappa shape index (κ3) is 3.14. The Morgan fingerprint density at radius 2 is 1.62 bits per heavy atom. The number of phenolic OH excluding ortho intramolecular Hbond substituents is 1. The second kappa shape index (κ2) is 7.80. The zero-order valence-electron chi connectivity index (χ0n) is 16.0. The Morgan fingerprint density at radius 3 is 2.28 bits per heavy atom. The van der Waals surface area contributed by atoms with Crippen molar-refractivity contribution in [1.29, 1.82) is 0 Å². The van der Waals surface area contributed by atoms with Crippen LogP contribution >= 0.6 is 0 Å². The zero-order chi connectivity index (χ0) is 20.3. The number of hydrogen-bond donors (Lipinski definition) is 1. The van der Waals surface area contributed by atoms with E-state index >= 15 is 0 Å². The summed E-state index contributed by atoms with van der Waals surface area (Å²) >= 11 is 0. The van der Waals surface area contributed by atoms with Gasteiger partial charge in [0.15, 0.2) is 0 Å². The summed E-state index contributed by atoms with van der Waals surface area (Å²) < 4.78 is 5.43. The lowest BCUT2D eigenvalue weighted by Crippen LogP contribution is -2.44. The van der Waals surface area contributed by atoms with Gasteiger partial charge in [-0.3, -0.25) is 0 Å². The molecule has 0 aromatic heterocycles. The first-order valence-corrected chi connectivity index (χ1v) is 9.50. The van der Waals surface area contributed by atoms with E-state index in [1.165, 1.54) is 6.07 Å². The van der Waals surface area contributed by atoms with Crippen molar-refractivity contribution >= 4 is 11.7 Å². The van der Waals surface area contributed by atoms with E-state index in [9.17, 15) is 9.90 Å². The van der Waals surface area contributed by atoms with E-state index in [0.29, 0.717) is 11.3 Å². The van der Waals surface area contributed by atoms with Crippen LogP contribution in [0.25, 0.3) is 0 Å². The van der Waals surface area contributed by atoms with Crippen molar-refractivity contribution in [2.75, 3.05) is 6.61 Å². The number of phenols is 1. The molecule has 0 saturated heterocycles. The van der Waals surface area contributed by atoms with Crippen LogP contribution in [0, 0.1) is 0 Å². The van der Waals surface area contributed by atoms with Gasteiger partial charge in [0.05, 0.1) is 23.8 Å². The van der Waals surface area contributed by atoms with E-state index in [1.54, 1.807) is 25.1 Å². The normalized spacial score (nSPS) is 20.6. The van der Waals surface area contributed by atoms with Gasteiger partial charge in [0.2, 0.25) is 0 Å². The summed E-state index contributed by atoms with van der Waals surface area (Å²) in [6.07, 6.45) is 0. The maximum absolute atomic E-state index is 13.3. The SMILES string of the molecule is CCOC(=O)[C@]1(c2ccccc2O)ON=C(c2ccccc2)[C@H]1c1ccccc1. The molecule has 1 N–H and O–H groups in total. The lowest BCUT2D eigenvalue weighted by atomic mass is 9.73. The summed E-state index contributed by atoms with van der Waals surface area (Å²) in [7, 11) is 0. The molecule has 2 atom stereocenters. The van der Waals surface area contributed by atoms with E-state index in [1.807, 2.05) is 60.7 Å². The minimum atomic E-state index is -1.63. The van der Waals surface area contributed by atoms with Crippen LogP contribution in [-0.4, -0.2) is 23.4 Å². The molecule has 146 valence electrons. The fraction of sp³-hybridized carbons (Fsp3) is 0.167. The largest absolute Gasteiger partial charge is 0.507 e. The molecule has 0 fully saturated rings. The van der Waals surface area contributed by atoms with Gasteiger partial charge in [-0.1, -0.05) is 84.0 Å². The minimum absolute atomic E-state index is 0.0500. The molecule has 3 aromatic rings. The molecule has 0 saturated carbocycles. The van der Waals surface area contributed by atoms with Gasteiger partial charge in [0.25, 0.3) is 5.60 Å². The van der Waals surface area contributed by atoms with E-state index in [4.69, 9.17) is 9.57 Å². The fourth-order valence-electron chi connectivity index (χ4n) is 3.78. The van der Waals surface area contributed by atoms with Crippen LogP contribution in [0.4, 0.5) is 0 Å². The average Bonchev–Trinajstić information content (AvgIpc) is 3.17. The maximum Gasteiger partial charge on any atom is 0.359 e. The summed E-state index contributed by atoms with van der Waals surface area (Å²) in [6.45, 7) is 1.92. The molecule has 1 aliphatic rings. The van der Waals surface area contributed by atoms with Crippen molar-refractivity contribution in [3.63, 3.8) is 0 Å². The average molecular weight is 387 g/mol. The lowest BCUT2D eigenvalue weighted by Gasteiger charge is -2.32. The van der Waals surface area contributed by atoms with Gasteiger partial charge in [-0.05, 0) is 18.6 Å². The number of carbonyl (C=O) groups is 1. The Hall–Kier alpha value is -3.60. The maximum atomic E-state index is 13.3. The number of rotatable bonds is 5. The van der Waals surface area contributed by atoms with E-state index in [2.05, 4.69) is 5.16 Å². The predicted molar refractivity (Wildman–Crippen MR) is 110 cm³/mol. The van der Waals surface area contributed by atoms with Crippen molar-refractivity contribution < 1.29 is 19.5 Å². The molecule has 0 amide bonds. The first-order valence-electron chi connectivity index (χ1n) is 9.50. The smallest absolute Gasteiger partial charge is 0.359 e. The van der Waals surface area contributed by atoms with Gasteiger partial charge in [0, 0.05) is 5.56 Å². The van der Waals surface area contributed by atoms with Gasteiger partial charge in [0.1, 0.15) is 5.75 Å². The van der Waals surface area contributed by atoms with Gasteiger partial charge >= 0.3 is 5.97 Å². The summed E-state index contributed by atoms with van der Waals surface area (Å²) in [5.74, 6) is -1.24. The minimum Gasteiger partial charge on any atom is -0.507 e. The summed E-state index contributed by atoms with van der Waals surface area (Å²) in [4.78, 5) is 19.3. The Labute approximate surface area is 169 Å². The fourth-order valence-corrected chi connectivity index (χ4v) is 3.78. The van der Waals surface area contributed by atoms with E-state index < -0.39 is 17.5 Å². The zero-order valence-corrected chi connectivity index (χ0v) is 16.0. The molecule has 5 nitrogen and oxygen atoms in total. The Bertz CT molecular complexity index is 1030. The van der Waals surface area contributed by atoms with Crippen LogP contribution in [0.1, 0.15) is 29.5 Å². The number of ether oxygens (including phenoxy) is 1. The highest BCUT2D eigenvalue weighted by Gasteiger charge is 2.59. The Kier molecular flexibility index (Phi) is 5.04. The van der Waals surface area contributed by atoms with Crippen molar-refractivity contribution in [3.8, 4) is 5.75 Å². The van der Waals surface area contributed by atoms with Crippen molar-refractivity contribution in [2.45, 2.75) is 18.4 Å². The number of esters is 1. The molecule has 0 spiro atoms. The second-order valence-electron chi connectivity index (χ2n) is 6.75. The second-order valence-corrected chi connectivity index (χ2v) is 6.75. The van der Waals surface area contributed by atoms with Crippen LogP contribution in [0.2, 0.25) is 0 Å². The highest BCUT2D eigenvalue weighted by molar-refractivity contribution is 6.10. The first kappa shape index (κ1) is 18.7. The van der Waals surface area contributed by atoms with Crippen LogP contribution in [0.15, 0.2) is 90.1 Å². The summed E-state index contributed by atoms with van der Waals surface area (Å²) in [6, 6.07) is 25.8. The quantitative estimate of drug-likeness (QED) is 0.660. The number of carbonyl (C=O) groups excluding carboxylic acids is 1. The standard InChI is InChI=1S/C24H21NO4/c1-2-28-23(27)24(19-15-9-10-16-20(19)26)21(17-11-5-3-6-12-17)22(25-29-24)18-13-7-4-8-14-18/h3-16,21,26H,2H2,1H3/t21-,24-/m1/s1. The van der Waals surface area contributed by atoms with Gasteiger partial charge < -0.3 is 14.7 Å². The molecule has 0 radical (unpaired) electrons. The van der Waals surface area contributed by atoms with Crippen molar-refractivity contribution in [2.24, 2.45) is 5.16 Å². The molecule has 0 bridgehead atoms. The molecule has 29 heavy (non-hydrogen) atoms. The lowest BCUT2D eigenvalue weighted by molar-refractivity contribution is -0.172. The van der Waals surface area contributed by atoms with Crippen LogP contribution in [-0.2, 0) is 20.0 Å². The molecule has 5 heteroatoms. The van der Waals surface area contributed by atoms with E-state index in [-0.39, 0.29) is 12.4 Å². The number of aromatic hydroxyl groups is 1. The molecule has 3 aromatic carbocycles. The number of hydrogen-bond acceptors (Lipinski definition) is 5. The third-order valence-electron chi connectivity index (χ3n) is 5.05. The highest BCUT2D eigenvalue weighted by atomic mass is 16.7. The molecule has 1 aliphatic heterocycles. The van der Waals surface area contributed by atoms with Crippen molar-refractivity contribution in [3.05, 3.63) is 102 Å². The molecule has 1 heterocycles. The van der Waals surface area contributed by atoms with Gasteiger partial charge in [-0.25, -0.2) is 4.79 Å². The monoisotopic (exact) mass is 387 g/mol. The number of nitrogens with zero attached hydrogens (tertiary/aromatic N) is 1. The molecular formula is C24H21NO4. The van der Waals surface area contributed by atoms with E-state index in [0.717, 1.165) is 11.1 Å². The van der Waals surface area contributed by atoms with Gasteiger partial charge in [-0.15, -0.1) is 0 Å².